The molecule has 2 aromatic carbocycles. The van der Waals surface area contributed by atoms with Crippen molar-refractivity contribution in [1.29, 1.82) is 0 Å². The van der Waals surface area contributed by atoms with Gasteiger partial charge in [0, 0.05) is 25.2 Å². The molecule has 0 aliphatic carbocycles. The molecule has 4 aromatic rings. The third-order valence-electron chi connectivity index (χ3n) is 6.53. The number of hydrogen-bond acceptors (Lipinski definition) is 7. The van der Waals surface area contributed by atoms with Crippen molar-refractivity contribution in [2.24, 2.45) is 0 Å². The molecule has 0 N–H and O–H groups in total. The summed E-state index contributed by atoms with van der Waals surface area (Å²) in [6, 6.07) is 14.9. The monoisotopic (exact) mass is 487 g/mol. The van der Waals surface area contributed by atoms with Crippen LogP contribution in [0.1, 0.15) is 23.6 Å². The molecular formula is C28H29N3O5. The van der Waals surface area contributed by atoms with Gasteiger partial charge in [0.25, 0.3) is 5.56 Å². The quantitative estimate of drug-likeness (QED) is 0.366. The zero-order valence-electron chi connectivity index (χ0n) is 20.7. The molecule has 36 heavy (non-hydrogen) atoms. The highest BCUT2D eigenvalue weighted by Gasteiger charge is 2.22. The average Bonchev–Trinajstić information content (AvgIpc) is 3.44. The fraction of sp³-hybridized carbons (Fsp3) is 0.286. The summed E-state index contributed by atoms with van der Waals surface area (Å²) in [6.45, 7) is 2.39. The van der Waals surface area contributed by atoms with E-state index < -0.39 is 0 Å². The van der Waals surface area contributed by atoms with E-state index in [0.717, 1.165) is 41.4 Å². The first-order valence-electron chi connectivity index (χ1n) is 11.8. The topological polar surface area (TPSA) is 79.0 Å². The summed E-state index contributed by atoms with van der Waals surface area (Å²) >= 11 is 0. The Hall–Kier alpha value is -4.04. The minimum atomic E-state index is -0.0621. The molecule has 0 spiro atoms. The summed E-state index contributed by atoms with van der Waals surface area (Å²) in [6.07, 6.45) is 4.61. The molecule has 3 heterocycles. The number of furan rings is 1. The Bertz CT molecular complexity index is 1430. The van der Waals surface area contributed by atoms with Crippen LogP contribution in [-0.4, -0.2) is 48.9 Å². The molecule has 0 atom stereocenters. The lowest BCUT2D eigenvalue weighted by Crippen LogP contribution is -2.33. The first kappa shape index (κ1) is 23.7. The van der Waals surface area contributed by atoms with Crippen LogP contribution in [0.5, 0.6) is 17.2 Å². The van der Waals surface area contributed by atoms with Gasteiger partial charge in [-0.05, 0) is 36.3 Å². The maximum atomic E-state index is 13.4. The molecule has 0 radical (unpaired) electrons. The highest BCUT2D eigenvalue weighted by atomic mass is 16.5. The van der Waals surface area contributed by atoms with Gasteiger partial charge in [-0.25, -0.2) is 4.98 Å². The summed E-state index contributed by atoms with van der Waals surface area (Å²) in [5.41, 5.74) is 2.74. The Kier molecular flexibility index (Phi) is 6.77. The molecule has 5 rings (SSSR count). The fourth-order valence-electron chi connectivity index (χ4n) is 4.66. The molecule has 0 unspecified atom stereocenters. The van der Waals surface area contributed by atoms with Crippen molar-refractivity contribution in [3.8, 4) is 17.2 Å². The van der Waals surface area contributed by atoms with Gasteiger partial charge in [-0.15, -0.1) is 0 Å². The van der Waals surface area contributed by atoms with Gasteiger partial charge in [-0.1, -0.05) is 18.2 Å². The molecule has 1 aliphatic rings. The van der Waals surface area contributed by atoms with E-state index in [2.05, 4.69) is 11.0 Å². The van der Waals surface area contributed by atoms with Crippen LogP contribution in [0.25, 0.3) is 16.5 Å². The third-order valence-corrected chi connectivity index (χ3v) is 6.53. The molecule has 0 saturated heterocycles. The van der Waals surface area contributed by atoms with Gasteiger partial charge in [0.2, 0.25) is 0 Å². The van der Waals surface area contributed by atoms with Crippen LogP contribution in [-0.2, 0) is 13.1 Å². The first-order valence-corrected chi connectivity index (χ1v) is 11.8. The third kappa shape index (κ3) is 4.59. The van der Waals surface area contributed by atoms with Crippen molar-refractivity contribution >= 4 is 16.5 Å². The van der Waals surface area contributed by atoms with Gasteiger partial charge in [-0.3, -0.25) is 14.3 Å². The Balaban J connectivity index is 1.44. The number of ether oxygens (including phenoxy) is 3. The summed E-state index contributed by atoms with van der Waals surface area (Å²) < 4.78 is 23.9. The Morgan fingerprint density at radius 3 is 2.39 bits per heavy atom. The zero-order valence-corrected chi connectivity index (χ0v) is 20.7. The lowest BCUT2D eigenvalue weighted by Gasteiger charge is -2.28. The average molecular weight is 488 g/mol. The SMILES string of the molecule is COc1cc(OC)c(C2=CCN(Cc3nc4ccccc4c(=O)n3Cc3ccco3)CC2)c(OC)c1. The van der Waals surface area contributed by atoms with Crippen LogP contribution in [0.2, 0.25) is 0 Å². The van der Waals surface area contributed by atoms with E-state index in [1.807, 2.05) is 48.5 Å². The molecule has 0 fully saturated rings. The predicted molar refractivity (Wildman–Crippen MR) is 138 cm³/mol. The number of methoxy groups -OCH3 is 3. The van der Waals surface area contributed by atoms with E-state index in [0.29, 0.717) is 42.1 Å². The van der Waals surface area contributed by atoms with E-state index in [1.54, 1.807) is 32.2 Å². The first-order chi connectivity index (χ1) is 17.6. The van der Waals surface area contributed by atoms with Gasteiger partial charge < -0.3 is 18.6 Å². The minimum Gasteiger partial charge on any atom is -0.496 e. The molecule has 0 amide bonds. The number of benzene rings is 2. The summed E-state index contributed by atoms with van der Waals surface area (Å²) in [4.78, 5) is 20.5. The number of para-hydroxylation sites is 1. The number of rotatable bonds is 8. The summed E-state index contributed by atoms with van der Waals surface area (Å²) in [7, 11) is 4.92. The normalized spacial score (nSPS) is 14.0. The molecule has 0 saturated carbocycles. The molecule has 0 bridgehead atoms. The lowest BCUT2D eigenvalue weighted by atomic mass is 9.97. The molecular weight excluding hydrogens is 458 g/mol. The van der Waals surface area contributed by atoms with Gasteiger partial charge in [0.15, 0.2) is 0 Å². The van der Waals surface area contributed by atoms with Crippen LogP contribution < -0.4 is 19.8 Å². The zero-order chi connectivity index (χ0) is 25.1. The Labute approximate surface area is 209 Å². The lowest BCUT2D eigenvalue weighted by molar-refractivity contribution is 0.279. The summed E-state index contributed by atoms with van der Waals surface area (Å²) in [5, 5.41) is 0.604. The maximum absolute atomic E-state index is 13.4. The van der Waals surface area contributed by atoms with E-state index in [4.69, 9.17) is 23.6 Å². The van der Waals surface area contributed by atoms with E-state index in [-0.39, 0.29) is 5.56 Å². The van der Waals surface area contributed by atoms with Gasteiger partial charge in [-0.2, -0.15) is 0 Å². The number of nitrogens with zero attached hydrogens (tertiary/aromatic N) is 3. The van der Waals surface area contributed by atoms with Crippen molar-refractivity contribution in [2.75, 3.05) is 34.4 Å². The number of hydrogen-bond donors (Lipinski definition) is 0. The van der Waals surface area contributed by atoms with Gasteiger partial charge in [0.1, 0.15) is 28.8 Å². The Morgan fingerprint density at radius 2 is 1.75 bits per heavy atom. The van der Waals surface area contributed by atoms with E-state index in [1.165, 1.54) is 0 Å². The highest BCUT2D eigenvalue weighted by molar-refractivity contribution is 5.78. The van der Waals surface area contributed by atoms with Crippen LogP contribution >= 0.6 is 0 Å². The minimum absolute atomic E-state index is 0.0621. The van der Waals surface area contributed by atoms with Crippen LogP contribution in [0.15, 0.2) is 70.1 Å². The van der Waals surface area contributed by atoms with Crippen LogP contribution in [0, 0.1) is 0 Å². The maximum Gasteiger partial charge on any atom is 0.261 e. The molecule has 8 nitrogen and oxygen atoms in total. The van der Waals surface area contributed by atoms with E-state index >= 15 is 0 Å². The van der Waals surface area contributed by atoms with E-state index in [9.17, 15) is 4.79 Å². The predicted octanol–water partition coefficient (Wildman–Crippen LogP) is 4.35. The second-order valence-corrected chi connectivity index (χ2v) is 8.64. The molecule has 1 aliphatic heterocycles. The summed E-state index contributed by atoms with van der Waals surface area (Å²) in [5.74, 6) is 3.55. The van der Waals surface area contributed by atoms with Crippen LogP contribution in [0.3, 0.4) is 0 Å². The van der Waals surface area contributed by atoms with Crippen molar-refractivity contribution in [3.05, 3.63) is 88.4 Å². The van der Waals surface area contributed by atoms with Gasteiger partial charge in [0.05, 0.1) is 57.1 Å². The molecule has 2 aromatic heterocycles. The highest BCUT2D eigenvalue weighted by Crippen LogP contribution is 2.40. The van der Waals surface area contributed by atoms with Crippen molar-refractivity contribution < 1.29 is 18.6 Å². The largest absolute Gasteiger partial charge is 0.496 e. The van der Waals surface area contributed by atoms with Crippen molar-refractivity contribution in [2.45, 2.75) is 19.5 Å². The Morgan fingerprint density at radius 1 is 0.972 bits per heavy atom. The van der Waals surface area contributed by atoms with Crippen molar-refractivity contribution in [1.82, 2.24) is 14.5 Å². The second-order valence-electron chi connectivity index (χ2n) is 8.64. The number of fused-ring (bicyclic) bond motifs is 1. The van der Waals surface area contributed by atoms with Gasteiger partial charge >= 0.3 is 0 Å². The smallest absolute Gasteiger partial charge is 0.261 e. The molecule has 186 valence electrons. The fourth-order valence-corrected chi connectivity index (χ4v) is 4.66. The molecule has 8 heteroatoms. The standard InChI is InChI=1S/C28H29N3O5/c1-33-21-15-24(34-2)27(25(16-21)35-3)19-10-12-30(13-11-19)18-26-29-23-9-5-4-8-22(23)28(32)31(26)17-20-7-6-14-36-20/h4-10,14-16H,11-13,17-18H2,1-3H3. The van der Waals surface area contributed by atoms with Crippen molar-refractivity contribution in [3.63, 3.8) is 0 Å². The number of aromatic nitrogens is 2. The second kappa shape index (κ2) is 10.3. The van der Waals surface area contributed by atoms with Crippen LogP contribution in [0.4, 0.5) is 0 Å².